The minimum Gasteiger partial charge on any atom is -0.442 e. The van der Waals surface area contributed by atoms with Gasteiger partial charge in [0.1, 0.15) is 5.60 Å². The van der Waals surface area contributed by atoms with Crippen LogP contribution in [-0.2, 0) is 4.74 Å². The molecule has 0 atom stereocenters. The van der Waals surface area contributed by atoms with Crippen LogP contribution in [0.25, 0.3) is 22.3 Å². The Hall–Kier alpha value is -3.60. The molecule has 0 fully saturated rings. The molecule has 0 bridgehead atoms. The van der Waals surface area contributed by atoms with Gasteiger partial charge >= 0.3 is 6.09 Å². The number of para-hydroxylation sites is 2. The molecule has 0 aliphatic carbocycles. The minimum atomic E-state index is -0.627. The van der Waals surface area contributed by atoms with E-state index < -0.39 is 11.7 Å². The highest BCUT2D eigenvalue weighted by Crippen LogP contribution is 2.31. The Balaban J connectivity index is 1.98. The molecule has 0 spiro atoms. The van der Waals surface area contributed by atoms with Crippen molar-refractivity contribution in [1.29, 1.82) is 0 Å². The van der Waals surface area contributed by atoms with Gasteiger partial charge in [0.15, 0.2) is 0 Å². The van der Waals surface area contributed by atoms with Crippen LogP contribution in [0.15, 0.2) is 85.1 Å². The number of ether oxygens (including phenoxy) is 1. The predicted molar refractivity (Wildman–Crippen MR) is 116 cm³/mol. The largest absolute Gasteiger partial charge is 0.442 e. The number of fused-ring (bicyclic) bond motifs is 1. The summed E-state index contributed by atoms with van der Waals surface area (Å²) in [6.45, 7) is 5.59. The molecular formula is C24H23N3O2. The number of nitrogens with zero attached hydrogens (tertiary/aromatic N) is 3. The first kappa shape index (κ1) is 18.7. The first-order valence-corrected chi connectivity index (χ1v) is 9.54. The molecule has 2 aromatic heterocycles. The van der Waals surface area contributed by atoms with E-state index in [1.807, 2.05) is 104 Å². The standard InChI is InChI=1S/C24H23N3O2/c1-24(2,3)29-23(28)26(19-12-5-4-6-13-19)27-21-15-8-7-11-18(21)17-22(27)20-14-9-10-16-25-20/h4-17H,1-3H3. The van der Waals surface area contributed by atoms with Crippen molar-refractivity contribution in [2.45, 2.75) is 26.4 Å². The summed E-state index contributed by atoms with van der Waals surface area (Å²) in [5, 5.41) is 2.58. The maximum atomic E-state index is 13.3. The summed E-state index contributed by atoms with van der Waals surface area (Å²) in [5.41, 5.74) is 2.55. The Morgan fingerprint density at radius 2 is 1.62 bits per heavy atom. The van der Waals surface area contributed by atoms with Gasteiger partial charge in [-0.25, -0.2) is 9.47 Å². The molecule has 146 valence electrons. The molecule has 0 unspecified atom stereocenters. The molecule has 0 aliphatic heterocycles. The van der Waals surface area contributed by atoms with Crippen LogP contribution in [0.3, 0.4) is 0 Å². The molecule has 29 heavy (non-hydrogen) atoms. The van der Waals surface area contributed by atoms with Gasteiger partial charge in [-0.1, -0.05) is 42.5 Å². The Kier molecular flexibility index (Phi) is 4.80. The lowest BCUT2D eigenvalue weighted by molar-refractivity contribution is 0.0567. The molecule has 0 saturated heterocycles. The van der Waals surface area contributed by atoms with Gasteiger partial charge in [-0.3, -0.25) is 4.98 Å². The number of hydrogen-bond acceptors (Lipinski definition) is 3. The number of hydrogen-bond donors (Lipinski definition) is 0. The Labute approximate surface area is 170 Å². The summed E-state index contributed by atoms with van der Waals surface area (Å²) in [5.74, 6) is 0. The monoisotopic (exact) mass is 385 g/mol. The fourth-order valence-corrected chi connectivity index (χ4v) is 3.23. The molecule has 0 aliphatic rings. The molecule has 1 amide bonds. The lowest BCUT2D eigenvalue weighted by atomic mass is 10.2. The van der Waals surface area contributed by atoms with Crippen molar-refractivity contribution in [3.8, 4) is 11.4 Å². The lowest BCUT2D eigenvalue weighted by Crippen LogP contribution is -2.40. The van der Waals surface area contributed by atoms with Crippen LogP contribution in [0.2, 0.25) is 0 Å². The molecule has 4 aromatic rings. The van der Waals surface area contributed by atoms with Crippen molar-refractivity contribution in [2.24, 2.45) is 0 Å². The Bertz CT molecular complexity index is 1130. The topological polar surface area (TPSA) is 47.4 Å². The van der Waals surface area contributed by atoms with Crippen LogP contribution in [0, 0.1) is 0 Å². The number of amides is 1. The molecule has 0 saturated carbocycles. The zero-order chi connectivity index (χ0) is 20.4. The maximum Gasteiger partial charge on any atom is 0.434 e. The molecule has 5 heteroatoms. The molecule has 5 nitrogen and oxygen atoms in total. The number of benzene rings is 2. The highest BCUT2D eigenvalue weighted by molar-refractivity contribution is 5.94. The summed E-state index contributed by atoms with van der Waals surface area (Å²) < 4.78 is 7.64. The summed E-state index contributed by atoms with van der Waals surface area (Å²) in [7, 11) is 0. The van der Waals surface area contributed by atoms with E-state index in [9.17, 15) is 4.79 Å². The van der Waals surface area contributed by atoms with Crippen molar-refractivity contribution in [3.05, 3.63) is 85.1 Å². The number of anilines is 1. The molecule has 0 N–H and O–H groups in total. The highest BCUT2D eigenvalue weighted by Gasteiger charge is 2.28. The summed E-state index contributed by atoms with van der Waals surface area (Å²) in [4.78, 5) is 17.9. The number of aromatic nitrogens is 2. The van der Waals surface area contributed by atoms with Gasteiger partial charge in [0.05, 0.1) is 22.6 Å². The van der Waals surface area contributed by atoms with Crippen LogP contribution >= 0.6 is 0 Å². The van der Waals surface area contributed by atoms with Gasteiger partial charge in [0, 0.05) is 11.6 Å². The molecule has 4 rings (SSSR count). The van der Waals surface area contributed by atoms with Gasteiger partial charge in [0.2, 0.25) is 0 Å². The zero-order valence-electron chi connectivity index (χ0n) is 16.7. The second kappa shape index (κ2) is 7.43. The number of pyridine rings is 1. The van der Waals surface area contributed by atoms with E-state index in [4.69, 9.17) is 4.74 Å². The molecule has 2 heterocycles. The summed E-state index contributed by atoms with van der Waals surface area (Å²) >= 11 is 0. The normalized spacial score (nSPS) is 11.4. The Morgan fingerprint density at radius 1 is 0.931 bits per heavy atom. The third-order valence-electron chi connectivity index (χ3n) is 4.38. The molecule has 0 radical (unpaired) electrons. The SMILES string of the molecule is CC(C)(C)OC(=O)N(c1ccccc1)n1c(-c2ccccn2)cc2ccccc21. The van der Waals surface area contributed by atoms with Crippen LogP contribution in [0.1, 0.15) is 20.8 Å². The fraction of sp³-hybridized carbons (Fsp3) is 0.167. The number of rotatable bonds is 3. The van der Waals surface area contributed by atoms with E-state index >= 15 is 0 Å². The van der Waals surface area contributed by atoms with E-state index in [0.29, 0.717) is 5.69 Å². The number of carbonyl (C=O) groups is 1. The van der Waals surface area contributed by atoms with Crippen LogP contribution < -0.4 is 5.01 Å². The van der Waals surface area contributed by atoms with Gasteiger partial charge < -0.3 is 4.74 Å². The van der Waals surface area contributed by atoms with Gasteiger partial charge in [-0.2, -0.15) is 5.01 Å². The average Bonchev–Trinajstić information content (AvgIpc) is 3.08. The van der Waals surface area contributed by atoms with E-state index in [2.05, 4.69) is 4.98 Å². The number of carbonyl (C=O) groups excluding carboxylic acids is 1. The van der Waals surface area contributed by atoms with Crippen LogP contribution in [0.4, 0.5) is 10.5 Å². The minimum absolute atomic E-state index is 0.456. The first-order valence-electron chi connectivity index (χ1n) is 9.54. The van der Waals surface area contributed by atoms with Crippen LogP contribution in [-0.4, -0.2) is 21.4 Å². The second-order valence-electron chi connectivity index (χ2n) is 7.74. The van der Waals surface area contributed by atoms with Gasteiger partial charge in [-0.05, 0) is 57.2 Å². The zero-order valence-corrected chi connectivity index (χ0v) is 16.7. The van der Waals surface area contributed by atoms with E-state index in [1.165, 1.54) is 0 Å². The third-order valence-corrected chi connectivity index (χ3v) is 4.38. The predicted octanol–water partition coefficient (Wildman–Crippen LogP) is 5.91. The van der Waals surface area contributed by atoms with Crippen molar-refractivity contribution >= 4 is 22.7 Å². The van der Waals surface area contributed by atoms with Crippen LogP contribution in [0.5, 0.6) is 0 Å². The maximum absolute atomic E-state index is 13.3. The quantitative estimate of drug-likeness (QED) is 0.440. The highest BCUT2D eigenvalue weighted by atomic mass is 16.6. The third kappa shape index (κ3) is 3.85. The average molecular weight is 385 g/mol. The van der Waals surface area contributed by atoms with Gasteiger partial charge in [-0.15, -0.1) is 0 Å². The van der Waals surface area contributed by atoms with Crippen molar-refractivity contribution in [1.82, 2.24) is 9.66 Å². The summed E-state index contributed by atoms with van der Waals surface area (Å²) in [6, 6.07) is 25.2. The van der Waals surface area contributed by atoms with E-state index in [0.717, 1.165) is 22.3 Å². The lowest BCUT2D eigenvalue weighted by Gasteiger charge is -2.29. The fourth-order valence-electron chi connectivity index (χ4n) is 3.23. The molecular weight excluding hydrogens is 362 g/mol. The first-order chi connectivity index (χ1) is 13.9. The van der Waals surface area contributed by atoms with E-state index in [-0.39, 0.29) is 0 Å². The van der Waals surface area contributed by atoms with E-state index in [1.54, 1.807) is 11.2 Å². The Morgan fingerprint density at radius 3 is 2.31 bits per heavy atom. The van der Waals surface area contributed by atoms with Gasteiger partial charge in [0.25, 0.3) is 0 Å². The van der Waals surface area contributed by atoms with Crippen molar-refractivity contribution < 1.29 is 9.53 Å². The second-order valence-corrected chi connectivity index (χ2v) is 7.74. The summed E-state index contributed by atoms with van der Waals surface area (Å²) in [6.07, 6.45) is 1.29. The molecule has 2 aromatic carbocycles. The van der Waals surface area contributed by atoms with Crippen molar-refractivity contribution in [2.75, 3.05) is 5.01 Å². The van der Waals surface area contributed by atoms with Crippen molar-refractivity contribution in [3.63, 3.8) is 0 Å². The smallest absolute Gasteiger partial charge is 0.434 e.